The molecule has 0 fully saturated rings. The van der Waals surface area contributed by atoms with Crippen LogP contribution in [0.1, 0.15) is 50.0 Å². The average Bonchev–Trinajstić information content (AvgIpc) is 2.79. The normalized spacial score (nSPS) is 12.0. The number of rotatable bonds is 9. The molecular formula is C28H33NO5. The van der Waals surface area contributed by atoms with Crippen molar-refractivity contribution < 1.29 is 23.7 Å². The molecule has 0 radical (unpaired) electrons. The molecule has 2 N–H and O–H groups in total. The Morgan fingerprint density at radius 1 is 0.882 bits per heavy atom. The van der Waals surface area contributed by atoms with Crippen LogP contribution in [0.25, 0.3) is 0 Å². The van der Waals surface area contributed by atoms with Gasteiger partial charge in [0.25, 0.3) is 0 Å². The lowest BCUT2D eigenvalue weighted by Gasteiger charge is -2.22. The van der Waals surface area contributed by atoms with Crippen LogP contribution < -0.4 is 24.7 Å². The summed E-state index contributed by atoms with van der Waals surface area (Å²) in [6, 6.07) is 19.6. The number of carbonyl (C=O) groups is 1. The Morgan fingerprint density at radius 3 is 2.06 bits per heavy atom. The van der Waals surface area contributed by atoms with Crippen molar-refractivity contribution in [3.63, 3.8) is 0 Å². The van der Waals surface area contributed by atoms with E-state index in [1.54, 1.807) is 42.5 Å². The van der Waals surface area contributed by atoms with E-state index >= 15 is 0 Å². The van der Waals surface area contributed by atoms with Crippen LogP contribution in [-0.2, 0) is 0 Å². The molecule has 180 valence electrons. The van der Waals surface area contributed by atoms with Crippen LogP contribution in [0, 0.1) is 6.92 Å². The summed E-state index contributed by atoms with van der Waals surface area (Å²) in [5.41, 5.74) is 7.49. The maximum Gasteiger partial charge on any atom is 0.343 e. The molecule has 0 saturated carbocycles. The molecule has 1 atom stereocenters. The van der Waals surface area contributed by atoms with Gasteiger partial charge in [-0.3, -0.25) is 0 Å². The lowest BCUT2D eigenvalue weighted by molar-refractivity contribution is 0.0734. The quantitative estimate of drug-likeness (QED) is 0.231. The summed E-state index contributed by atoms with van der Waals surface area (Å²) in [6.45, 7) is 10.3. The van der Waals surface area contributed by atoms with Crippen LogP contribution in [0.3, 0.4) is 0 Å². The highest BCUT2D eigenvalue weighted by molar-refractivity contribution is 5.91. The van der Waals surface area contributed by atoms with Gasteiger partial charge in [0.2, 0.25) is 0 Å². The molecule has 0 amide bonds. The van der Waals surface area contributed by atoms with Gasteiger partial charge in [-0.15, -0.1) is 0 Å². The molecular weight excluding hydrogens is 430 g/mol. The summed E-state index contributed by atoms with van der Waals surface area (Å²) < 4.78 is 23.2. The van der Waals surface area contributed by atoms with Crippen LogP contribution in [0.5, 0.6) is 23.0 Å². The maximum atomic E-state index is 12.4. The number of nitrogens with two attached hydrogens (primary N) is 1. The summed E-state index contributed by atoms with van der Waals surface area (Å²) in [7, 11) is 0. The predicted molar refractivity (Wildman–Crippen MR) is 134 cm³/mol. The zero-order valence-electron chi connectivity index (χ0n) is 20.5. The number of esters is 1. The van der Waals surface area contributed by atoms with E-state index in [4.69, 9.17) is 24.7 Å². The number of nitrogen functional groups attached to an aromatic ring is 1. The molecule has 3 rings (SSSR count). The van der Waals surface area contributed by atoms with Crippen LogP contribution in [0.4, 0.5) is 5.69 Å². The van der Waals surface area contributed by atoms with E-state index in [0.29, 0.717) is 29.4 Å². The van der Waals surface area contributed by atoms with Gasteiger partial charge in [-0.05, 0) is 106 Å². The fourth-order valence-electron chi connectivity index (χ4n) is 3.13. The Bertz CT molecular complexity index is 1090. The van der Waals surface area contributed by atoms with E-state index in [1.165, 1.54) is 0 Å². The standard InChI is InChI=1S/C28H33NO5/c1-6-21(32-23-12-14-25(15-13-23)34-28(3,4)5)18-31-22-8-10-24(11-9-22)33-27(30)20-7-16-26(29)19(2)17-20/h7-17,21H,6,18,29H2,1-5H3. The highest BCUT2D eigenvalue weighted by Gasteiger charge is 2.14. The molecule has 0 aliphatic rings. The van der Waals surface area contributed by atoms with Crippen molar-refractivity contribution in [3.8, 4) is 23.0 Å². The van der Waals surface area contributed by atoms with E-state index in [9.17, 15) is 4.79 Å². The van der Waals surface area contributed by atoms with Gasteiger partial charge in [0.05, 0.1) is 5.56 Å². The van der Waals surface area contributed by atoms with Gasteiger partial charge in [0, 0.05) is 5.69 Å². The van der Waals surface area contributed by atoms with Crippen molar-refractivity contribution in [2.75, 3.05) is 12.3 Å². The highest BCUT2D eigenvalue weighted by Crippen LogP contribution is 2.24. The average molecular weight is 464 g/mol. The zero-order valence-corrected chi connectivity index (χ0v) is 20.5. The number of carbonyl (C=O) groups excluding carboxylic acids is 1. The molecule has 0 heterocycles. The van der Waals surface area contributed by atoms with Crippen LogP contribution in [0.15, 0.2) is 66.7 Å². The summed E-state index contributed by atoms with van der Waals surface area (Å²) in [6.07, 6.45) is 0.678. The van der Waals surface area contributed by atoms with Crippen LogP contribution >= 0.6 is 0 Å². The molecule has 6 heteroatoms. The molecule has 6 nitrogen and oxygen atoms in total. The Kier molecular flexibility index (Phi) is 8.05. The number of hydrogen-bond acceptors (Lipinski definition) is 6. The van der Waals surface area contributed by atoms with E-state index in [1.807, 2.05) is 58.9 Å². The number of hydrogen-bond donors (Lipinski definition) is 1. The number of benzene rings is 3. The lowest BCUT2D eigenvalue weighted by Crippen LogP contribution is -2.24. The van der Waals surface area contributed by atoms with Gasteiger partial charge in [-0.1, -0.05) is 6.92 Å². The first-order valence-corrected chi connectivity index (χ1v) is 11.4. The van der Waals surface area contributed by atoms with Crippen molar-refractivity contribution in [1.29, 1.82) is 0 Å². The fourth-order valence-corrected chi connectivity index (χ4v) is 3.13. The smallest absolute Gasteiger partial charge is 0.343 e. The van der Waals surface area contributed by atoms with Gasteiger partial charge >= 0.3 is 5.97 Å². The van der Waals surface area contributed by atoms with E-state index in [2.05, 4.69) is 0 Å². The predicted octanol–water partition coefficient (Wildman–Crippen LogP) is 6.21. The molecule has 1 unspecified atom stereocenters. The Morgan fingerprint density at radius 2 is 1.47 bits per heavy atom. The summed E-state index contributed by atoms with van der Waals surface area (Å²) in [5, 5.41) is 0. The number of anilines is 1. The molecule has 3 aromatic rings. The lowest BCUT2D eigenvalue weighted by atomic mass is 10.1. The number of aryl methyl sites for hydroxylation is 1. The van der Waals surface area contributed by atoms with Gasteiger partial charge in [0.1, 0.15) is 41.3 Å². The minimum absolute atomic E-state index is 0.111. The van der Waals surface area contributed by atoms with E-state index < -0.39 is 5.97 Å². The third kappa shape index (κ3) is 7.44. The van der Waals surface area contributed by atoms with Crippen LogP contribution in [-0.4, -0.2) is 24.3 Å². The SMILES string of the molecule is CCC(COc1ccc(OC(=O)c2ccc(N)c(C)c2)cc1)Oc1ccc(OC(C)(C)C)cc1. The molecule has 0 spiro atoms. The van der Waals surface area contributed by atoms with Crippen molar-refractivity contribution in [3.05, 3.63) is 77.9 Å². The Balaban J connectivity index is 1.51. The molecule has 3 aromatic carbocycles. The largest absolute Gasteiger partial charge is 0.490 e. The van der Waals surface area contributed by atoms with Crippen molar-refractivity contribution >= 4 is 11.7 Å². The minimum Gasteiger partial charge on any atom is -0.490 e. The molecule has 34 heavy (non-hydrogen) atoms. The first-order valence-electron chi connectivity index (χ1n) is 11.4. The third-order valence-corrected chi connectivity index (χ3v) is 4.98. The molecule has 0 saturated heterocycles. The second kappa shape index (κ2) is 11.0. The second-order valence-corrected chi connectivity index (χ2v) is 9.08. The first kappa shape index (κ1) is 25.0. The van der Waals surface area contributed by atoms with Crippen molar-refractivity contribution in [1.82, 2.24) is 0 Å². The molecule has 0 aliphatic carbocycles. The van der Waals surface area contributed by atoms with Gasteiger partial charge in [-0.2, -0.15) is 0 Å². The minimum atomic E-state index is -0.435. The van der Waals surface area contributed by atoms with Crippen molar-refractivity contribution in [2.24, 2.45) is 0 Å². The monoisotopic (exact) mass is 463 g/mol. The molecule has 0 bridgehead atoms. The molecule has 0 aliphatic heterocycles. The van der Waals surface area contributed by atoms with Gasteiger partial charge in [-0.25, -0.2) is 4.79 Å². The topological polar surface area (TPSA) is 80.0 Å². The van der Waals surface area contributed by atoms with Crippen LogP contribution in [0.2, 0.25) is 0 Å². The zero-order chi connectivity index (χ0) is 24.7. The summed E-state index contributed by atoms with van der Waals surface area (Å²) in [4.78, 5) is 12.4. The summed E-state index contributed by atoms with van der Waals surface area (Å²) in [5.74, 6) is 2.23. The Hall–Kier alpha value is -3.67. The van der Waals surface area contributed by atoms with E-state index in [0.717, 1.165) is 23.5 Å². The second-order valence-electron chi connectivity index (χ2n) is 9.08. The highest BCUT2D eigenvalue weighted by atomic mass is 16.5. The first-order chi connectivity index (χ1) is 16.1. The number of ether oxygens (including phenoxy) is 4. The fraction of sp³-hybridized carbons (Fsp3) is 0.321. The van der Waals surface area contributed by atoms with Crippen molar-refractivity contribution in [2.45, 2.75) is 52.7 Å². The van der Waals surface area contributed by atoms with Gasteiger partial charge in [0.15, 0.2) is 0 Å². The summed E-state index contributed by atoms with van der Waals surface area (Å²) >= 11 is 0. The van der Waals surface area contributed by atoms with Gasteiger partial charge < -0.3 is 24.7 Å². The maximum absolute atomic E-state index is 12.4. The third-order valence-electron chi connectivity index (χ3n) is 4.98. The van der Waals surface area contributed by atoms with E-state index in [-0.39, 0.29) is 11.7 Å². The molecule has 0 aromatic heterocycles. The Labute approximate surface area is 201 Å².